The number of hydrogen-bond donors (Lipinski definition) is 0. The molecule has 1 fully saturated rings. The van der Waals surface area contributed by atoms with Gasteiger partial charge in [-0.15, -0.1) is 0 Å². The summed E-state index contributed by atoms with van der Waals surface area (Å²) in [7, 11) is 0. The van der Waals surface area contributed by atoms with Crippen LogP contribution in [0.5, 0.6) is 5.75 Å². The zero-order chi connectivity index (χ0) is 18.8. The van der Waals surface area contributed by atoms with E-state index >= 15 is 0 Å². The molecule has 2 aromatic carbocycles. The minimum absolute atomic E-state index is 0.104. The molecule has 3 atom stereocenters. The van der Waals surface area contributed by atoms with Crippen LogP contribution < -0.4 is 4.74 Å². The largest absolute Gasteiger partial charge is 0.435 e. The van der Waals surface area contributed by atoms with Crippen LogP contribution in [-0.4, -0.2) is 18.5 Å². The van der Waals surface area contributed by atoms with Crippen LogP contribution in [0.25, 0.3) is 0 Å². The Bertz CT molecular complexity index is 824. The lowest BCUT2D eigenvalue weighted by Crippen LogP contribution is -2.15. The fourth-order valence-electron chi connectivity index (χ4n) is 3.48. The third-order valence-corrected chi connectivity index (χ3v) is 5.29. The predicted octanol–water partition coefficient (Wildman–Crippen LogP) is 6.59. The summed E-state index contributed by atoms with van der Waals surface area (Å²) < 4.78 is 45.7. The molecular weight excluding hydrogens is 407 g/mol. The Kier molecular flexibility index (Phi) is 5.70. The van der Waals surface area contributed by atoms with Crippen LogP contribution in [0.1, 0.15) is 30.4 Å². The molecule has 0 aliphatic heterocycles. The third kappa shape index (κ3) is 3.95. The topological polar surface area (TPSA) is 21.6 Å². The van der Waals surface area contributed by atoms with Gasteiger partial charge in [0, 0.05) is 10.4 Å². The number of aryl methyl sites for hydroxylation is 1. The fraction of sp³-hybridized carbons (Fsp3) is 0.350. The molecule has 1 saturated carbocycles. The normalized spacial score (nSPS) is 24.4. The molecule has 1 aliphatic rings. The minimum atomic E-state index is -2.91. The third-order valence-electron chi connectivity index (χ3n) is 4.79. The molecule has 1 unspecified atom stereocenters. The van der Waals surface area contributed by atoms with Crippen LogP contribution in [0.2, 0.25) is 0 Å². The first-order valence-corrected chi connectivity index (χ1v) is 9.18. The first-order valence-electron chi connectivity index (χ1n) is 8.39. The zero-order valence-corrected chi connectivity index (χ0v) is 16.0. The number of para-hydroxylation sites is 1. The lowest BCUT2D eigenvalue weighted by molar-refractivity contribution is -0.0507. The number of alkyl halides is 3. The molecule has 0 radical (unpaired) electrons. The number of rotatable bonds is 4. The maximum atomic E-state index is 14.7. The Morgan fingerprint density at radius 2 is 1.92 bits per heavy atom. The van der Waals surface area contributed by atoms with Gasteiger partial charge in [-0.1, -0.05) is 41.1 Å². The average molecular weight is 426 g/mol. The SMILES string of the molecule is Cc1cc(Br)ccc1N=C1C(C)[C@@H](c2ccccc2OC(F)F)C[C@H]1F. The number of benzene rings is 2. The number of nitrogens with zero attached hydrogens (tertiary/aromatic N) is 1. The van der Waals surface area contributed by atoms with Gasteiger partial charge in [0.1, 0.15) is 11.9 Å². The summed E-state index contributed by atoms with van der Waals surface area (Å²) in [5.41, 5.74) is 2.71. The van der Waals surface area contributed by atoms with Gasteiger partial charge in [0.05, 0.1) is 11.4 Å². The molecular formula is C20H19BrF3NO. The van der Waals surface area contributed by atoms with Crippen LogP contribution in [0.15, 0.2) is 51.9 Å². The number of halogens is 4. The second-order valence-electron chi connectivity index (χ2n) is 6.48. The van der Waals surface area contributed by atoms with Gasteiger partial charge in [-0.3, -0.25) is 4.99 Å². The smallest absolute Gasteiger partial charge is 0.387 e. The van der Waals surface area contributed by atoms with Gasteiger partial charge in [0.15, 0.2) is 0 Å². The van der Waals surface area contributed by atoms with E-state index in [0.717, 1.165) is 15.7 Å². The van der Waals surface area contributed by atoms with Crippen molar-refractivity contribution in [2.75, 3.05) is 0 Å². The Hall–Kier alpha value is -1.82. The lowest BCUT2D eigenvalue weighted by Gasteiger charge is -2.19. The molecule has 0 saturated heterocycles. The Morgan fingerprint density at radius 3 is 2.62 bits per heavy atom. The summed E-state index contributed by atoms with van der Waals surface area (Å²) in [5.74, 6) is -0.363. The van der Waals surface area contributed by atoms with Gasteiger partial charge in [0.25, 0.3) is 0 Å². The fourth-order valence-corrected chi connectivity index (χ4v) is 3.96. The van der Waals surface area contributed by atoms with E-state index in [0.29, 0.717) is 11.3 Å². The quantitative estimate of drug-likeness (QED) is 0.540. The second-order valence-corrected chi connectivity index (χ2v) is 7.40. The van der Waals surface area contributed by atoms with Crippen molar-refractivity contribution >= 4 is 27.3 Å². The summed E-state index contributed by atoms with van der Waals surface area (Å²) in [6, 6.07) is 12.2. The average Bonchev–Trinajstić information content (AvgIpc) is 2.85. The number of ether oxygens (including phenoxy) is 1. The highest BCUT2D eigenvalue weighted by Gasteiger charge is 2.40. The van der Waals surface area contributed by atoms with Crippen LogP contribution >= 0.6 is 15.9 Å². The van der Waals surface area contributed by atoms with Crippen molar-refractivity contribution in [1.82, 2.24) is 0 Å². The Labute approximate surface area is 159 Å². The van der Waals surface area contributed by atoms with Crippen molar-refractivity contribution < 1.29 is 17.9 Å². The van der Waals surface area contributed by atoms with E-state index in [4.69, 9.17) is 0 Å². The lowest BCUT2D eigenvalue weighted by atomic mass is 9.89. The highest BCUT2D eigenvalue weighted by atomic mass is 79.9. The molecule has 0 aromatic heterocycles. The van der Waals surface area contributed by atoms with Crippen LogP contribution in [0.4, 0.5) is 18.9 Å². The van der Waals surface area contributed by atoms with Gasteiger partial charge in [-0.25, -0.2) is 4.39 Å². The summed E-state index contributed by atoms with van der Waals surface area (Å²) >= 11 is 3.40. The van der Waals surface area contributed by atoms with E-state index < -0.39 is 12.8 Å². The molecule has 2 aromatic rings. The monoisotopic (exact) mass is 425 g/mol. The van der Waals surface area contributed by atoms with Gasteiger partial charge in [0.2, 0.25) is 0 Å². The maximum Gasteiger partial charge on any atom is 0.387 e. The van der Waals surface area contributed by atoms with Gasteiger partial charge in [-0.05, 0) is 54.7 Å². The number of hydrogen-bond acceptors (Lipinski definition) is 2. The van der Waals surface area contributed by atoms with E-state index in [1.807, 2.05) is 32.0 Å². The highest BCUT2D eigenvalue weighted by Crippen LogP contribution is 2.44. The molecule has 0 spiro atoms. The number of aliphatic imine (C=N–C) groups is 1. The molecule has 138 valence electrons. The standard InChI is InChI=1S/C20H19BrF3NO/c1-11-9-13(21)7-8-17(11)25-19-12(2)15(10-16(19)22)14-5-3-4-6-18(14)26-20(23)24/h3-9,12,15-16,20H,10H2,1-2H3/t12?,15-,16+/m0/s1. The van der Waals surface area contributed by atoms with E-state index in [1.165, 1.54) is 6.07 Å². The van der Waals surface area contributed by atoms with Crippen molar-refractivity contribution in [1.29, 1.82) is 0 Å². The maximum absolute atomic E-state index is 14.7. The molecule has 2 nitrogen and oxygen atoms in total. The van der Waals surface area contributed by atoms with E-state index in [2.05, 4.69) is 25.7 Å². The summed E-state index contributed by atoms with van der Waals surface area (Å²) in [4.78, 5) is 4.56. The zero-order valence-electron chi connectivity index (χ0n) is 14.4. The molecule has 0 bridgehead atoms. The Morgan fingerprint density at radius 1 is 1.19 bits per heavy atom. The van der Waals surface area contributed by atoms with Crippen LogP contribution in [0, 0.1) is 12.8 Å². The summed E-state index contributed by atoms with van der Waals surface area (Å²) in [6.45, 7) is 0.893. The van der Waals surface area contributed by atoms with Crippen LogP contribution in [-0.2, 0) is 0 Å². The van der Waals surface area contributed by atoms with Gasteiger partial charge in [-0.2, -0.15) is 8.78 Å². The minimum Gasteiger partial charge on any atom is -0.435 e. The van der Waals surface area contributed by atoms with E-state index in [-0.39, 0.29) is 24.0 Å². The van der Waals surface area contributed by atoms with Crippen molar-refractivity contribution in [3.05, 3.63) is 58.1 Å². The molecule has 0 N–H and O–H groups in total. The Balaban J connectivity index is 1.93. The first kappa shape index (κ1) is 19.0. The van der Waals surface area contributed by atoms with Crippen molar-refractivity contribution in [2.24, 2.45) is 10.9 Å². The first-order chi connectivity index (χ1) is 12.4. The van der Waals surface area contributed by atoms with E-state index in [9.17, 15) is 13.2 Å². The molecule has 0 heterocycles. The van der Waals surface area contributed by atoms with Crippen molar-refractivity contribution in [2.45, 2.75) is 39.0 Å². The highest BCUT2D eigenvalue weighted by molar-refractivity contribution is 9.10. The molecule has 6 heteroatoms. The van der Waals surface area contributed by atoms with Gasteiger partial charge < -0.3 is 4.74 Å². The van der Waals surface area contributed by atoms with Crippen molar-refractivity contribution in [3.63, 3.8) is 0 Å². The molecule has 26 heavy (non-hydrogen) atoms. The van der Waals surface area contributed by atoms with Gasteiger partial charge >= 0.3 is 6.61 Å². The predicted molar refractivity (Wildman–Crippen MR) is 100 cm³/mol. The molecule has 1 aliphatic carbocycles. The second kappa shape index (κ2) is 7.82. The summed E-state index contributed by atoms with van der Waals surface area (Å²) in [6.07, 6.45) is -1.00. The molecule has 3 rings (SSSR count). The molecule has 0 amide bonds. The van der Waals surface area contributed by atoms with E-state index in [1.54, 1.807) is 18.2 Å². The van der Waals surface area contributed by atoms with Crippen molar-refractivity contribution in [3.8, 4) is 5.75 Å². The van der Waals surface area contributed by atoms with Crippen LogP contribution in [0.3, 0.4) is 0 Å². The summed E-state index contributed by atoms with van der Waals surface area (Å²) in [5, 5.41) is 0.